The van der Waals surface area contributed by atoms with Crippen LogP contribution in [0.4, 0.5) is 11.4 Å². The highest BCUT2D eigenvalue weighted by atomic mass is 35.5. The van der Waals surface area contributed by atoms with E-state index in [1.165, 1.54) is 0 Å². The van der Waals surface area contributed by atoms with Crippen LogP contribution in [0.1, 0.15) is 85.6 Å². The monoisotopic (exact) mass is 994 g/mol. The molecule has 0 saturated carbocycles. The first-order valence-corrected chi connectivity index (χ1v) is 24.9. The molecule has 380 valence electrons. The highest BCUT2D eigenvalue weighted by molar-refractivity contribution is 6.30. The van der Waals surface area contributed by atoms with Gasteiger partial charge in [0.15, 0.2) is 6.61 Å². The number of nitriles is 1. The molecule has 71 heavy (non-hydrogen) atoms. The van der Waals surface area contributed by atoms with Crippen molar-refractivity contribution in [3.8, 4) is 22.9 Å². The maximum absolute atomic E-state index is 12.9. The van der Waals surface area contributed by atoms with Crippen LogP contribution in [0.15, 0.2) is 84.9 Å². The molecule has 0 aromatic heterocycles. The predicted octanol–water partition coefficient (Wildman–Crippen LogP) is 7.45. The highest BCUT2D eigenvalue weighted by Crippen LogP contribution is 2.41. The summed E-state index contributed by atoms with van der Waals surface area (Å²) in [7, 11) is 0. The van der Waals surface area contributed by atoms with Gasteiger partial charge in [-0.15, -0.1) is 0 Å². The Morgan fingerprint density at radius 1 is 0.746 bits per heavy atom. The Bertz CT molecular complexity index is 2400. The van der Waals surface area contributed by atoms with E-state index in [-0.39, 0.29) is 54.8 Å². The van der Waals surface area contributed by atoms with Gasteiger partial charge in [-0.2, -0.15) is 5.26 Å². The van der Waals surface area contributed by atoms with Crippen LogP contribution in [0.2, 0.25) is 5.02 Å². The van der Waals surface area contributed by atoms with Gasteiger partial charge in [0, 0.05) is 54.6 Å². The first-order chi connectivity index (χ1) is 34.6. The third kappa shape index (κ3) is 16.5. The second-order valence-electron chi connectivity index (χ2n) is 17.3. The van der Waals surface area contributed by atoms with E-state index < -0.39 is 0 Å². The lowest BCUT2D eigenvalue weighted by Crippen LogP contribution is -2.43. The molecule has 1 unspecified atom stereocenters. The molecule has 6 rings (SSSR count). The Kier molecular flexibility index (Phi) is 21.9. The summed E-state index contributed by atoms with van der Waals surface area (Å²) in [6.07, 6.45) is 3.02. The van der Waals surface area contributed by atoms with Crippen LogP contribution < -0.4 is 25.6 Å². The molecule has 2 aliphatic heterocycles. The topological polar surface area (TPSA) is 190 Å². The zero-order valence-corrected chi connectivity index (χ0v) is 41.8. The van der Waals surface area contributed by atoms with E-state index in [9.17, 15) is 19.2 Å². The summed E-state index contributed by atoms with van der Waals surface area (Å²) in [6, 6.07) is 28.9. The third-order valence-electron chi connectivity index (χ3n) is 12.2. The first kappa shape index (κ1) is 54.3. The van der Waals surface area contributed by atoms with E-state index in [2.05, 4.69) is 35.9 Å². The van der Waals surface area contributed by atoms with Crippen LogP contribution in [0.3, 0.4) is 0 Å². The van der Waals surface area contributed by atoms with E-state index in [4.69, 9.17) is 45.3 Å². The van der Waals surface area contributed by atoms with Crippen molar-refractivity contribution in [2.45, 2.75) is 71.0 Å². The van der Waals surface area contributed by atoms with Crippen molar-refractivity contribution in [2.75, 3.05) is 103 Å². The van der Waals surface area contributed by atoms with E-state index in [1.54, 1.807) is 6.92 Å². The number of halogens is 1. The molecule has 0 radical (unpaired) electrons. The SMILES string of the molecule is CCCC1c2ccc(OCC(=O)NCCOCCOCCOCCOCCOCCNC(=O)c3ccc(-c4ccc5c(c4)[C@H](Nc4ccc(Cl)cc4)C[C@H](C)N5C(C)=O)cc3)cc2CCN1C(=O)CC#N. The average Bonchev–Trinajstić information content (AvgIpc) is 3.37. The number of fused-ring (bicyclic) bond motifs is 2. The number of benzene rings is 4. The third-order valence-corrected chi connectivity index (χ3v) is 12.5. The highest BCUT2D eigenvalue weighted by Gasteiger charge is 2.33. The minimum atomic E-state index is -0.253. The summed E-state index contributed by atoms with van der Waals surface area (Å²) in [5, 5.41) is 19.0. The zero-order valence-electron chi connectivity index (χ0n) is 41.1. The number of carbonyl (C=O) groups is 4. The fourth-order valence-electron chi connectivity index (χ4n) is 8.84. The van der Waals surface area contributed by atoms with Gasteiger partial charge in [-0.05, 0) is 115 Å². The molecule has 3 atom stereocenters. The van der Waals surface area contributed by atoms with Crippen molar-refractivity contribution in [1.29, 1.82) is 5.26 Å². The van der Waals surface area contributed by atoms with Crippen LogP contribution >= 0.6 is 11.6 Å². The number of hydrogen-bond donors (Lipinski definition) is 3. The standard InChI is InChI=1S/C54H67ClN6O10/c1-4-5-50-47-16-15-46(35-43(47)19-23-60(50)53(64)18-20-56)71-37-52(63)57-21-24-66-26-28-68-30-32-70-33-31-69-29-27-67-25-22-58-54(65)41-8-6-40(7-9-41)42-10-17-51-48(36-42)49(34-38(2)61(51)39(3)62)59-45-13-11-44(55)12-14-45/h6-17,35-36,38,49-50,59H,4-5,18-19,21-34,37H2,1-3H3,(H,57,63)(H,58,65)/t38-,49+,50?/m0/s1. The Balaban J connectivity index is 0.745. The average molecular weight is 996 g/mol. The molecular formula is C54H67ClN6O10. The largest absolute Gasteiger partial charge is 0.484 e. The van der Waals surface area contributed by atoms with Crippen LogP contribution in [0.25, 0.3) is 11.1 Å². The van der Waals surface area contributed by atoms with Gasteiger partial charge >= 0.3 is 0 Å². The first-order valence-electron chi connectivity index (χ1n) is 24.5. The molecule has 2 aliphatic rings. The Hall–Kier alpha value is -6.06. The number of anilines is 2. The second kappa shape index (κ2) is 28.7. The summed E-state index contributed by atoms with van der Waals surface area (Å²) < 4.78 is 33.6. The van der Waals surface area contributed by atoms with Crippen LogP contribution in [-0.2, 0) is 44.5 Å². The van der Waals surface area contributed by atoms with E-state index in [0.29, 0.717) is 108 Å². The molecule has 0 spiro atoms. The smallest absolute Gasteiger partial charge is 0.258 e. The second-order valence-corrected chi connectivity index (χ2v) is 17.8. The van der Waals surface area contributed by atoms with E-state index in [0.717, 1.165) is 58.5 Å². The van der Waals surface area contributed by atoms with Gasteiger partial charge in [-0.25, -0.2) is 0 Å². The predicted molar refractivity (Wildman–Crippen MR) is 272 cm³/mol. The number of carbonyl (C=O) groups excluding carboxylic acids is 4. The number of amides is 4. The lowest BCUT2D eigenvalue weighted by molar-refractivity contribution is -0.133. The molecule has 0 saturated heterocycles. The molecule has 0 aliphatic carbocycles. The summed E-state index contributed by atoms with van der Waals surface area (Å²) in [4.78, 5) is 54.0. The molecule has 4 amide bonds. The molecule has 16 nitrogen and oxygen atoms in total. The minimum Gasteiger partial charge on any atom is -0.484 e. The summed E-state index contributed by atoms with van der Waals surface area (Å²) in [6.45, 7) is 10.8. The Morgan fingerprint density at radius 2 is 1.37 bits per heavy atom. The van der Waals surface area contributed by atoms with Crippen molar-refractivity contribution in [3.63, 3.8) is 0 Å². The van der Waals surface area contributed by atoms with Gasteiger partial charge in [0.25, 0.3) is 11.8 Å². The number of hydrogen-bond acceptors (Lipinski definition) is 12. The normalized spacial score (nSPS) is 16.1. The maximum Gasteiger partial charge on any atom is 0.258 e. The van der Waals surface area contributed by atoms with E-state index in [1.807, 2.05) is 94.7 Å². The van der Waals surface area contributed by atoms with Crippen molar-refractivity contribution in [2.24, 2.45) is 0 Å². The fraction of sp³-hybridized carbons (Fsp3) is 0.463. The number of rotatable bonds is 28. The Labute approximate surface area is 422 Å². The molecule has 0 fully saturated rings. The molecule has 3 N–H and O–H groups in total. The van der Waals surface area contributed by atoms with Gasteiger partial charge in [0.05, 0.1) is 84.2 Å². The molecule has 4 aromatic rings. The van der Waals surface area contributed by atoms with Crippen molar-refractivity contribution in [1.82, 2.24) is 15.5 Å². The van der Waals surface area contributed by atoms with Gasteiger partial charge in [-0.3, -0.25) is 19.2 Å². The summed E-state index contributed by atoms with van der Waals surface area (Å²) >= 11 is 6.12. The number of nitrogens with one attached hydrogen (secondary N) is 3. The number of nitrogens with zero attached hydrogens (tertiary/aromatic N) is 3. The minimum absolute atomic E-state index is 0.00343. The van der Waals surface area contributed by atoms with Gasteiger partial charge in [-0.1, -0.05) is 49.2 Å². The lowest BCUT2D eigenvalue weighted by atomic mass is 9.88. The summed E-state index contributed by atoms with van der Waals surface area (Å²) in [5.74, 6) is 0.0176. The van der Waals surface area contributed by atoms with Crippen molar-refractivity contribution in [3.05, 3.63) is 112 Å². The fourth-order valence-corrected chi connectivity index (χ4v) is 8.96. The Morgan fingerprint density at radius 3 is 1.99 bits per heavy atom. The van der Waals surface area contributed by atoms with E-state index >= 15 is 0 Å². The zero-order chi connectivity index (χ0) is 50.4. The quantitative estimate of drug-likeness (QED) is 0.0478. The molecule has 2 heterocycles. The van der Waals surface area contributed by atoms with Crippen molar-refractivity contribution < 1.29 is 47.6 Å². The van der Waals surface area contributed by atoms with Crippen LogP contribution in [-0.4, -0.2) is 127 Å². The van der Waals surface area contributed by atoms with Gasteiger partial charge in [0.1, 0.15) is 12.2 Å². The van der Waals surface area contributed by atoms with Gasteiger partial charge < -0.3 is 54.2 Å². The van der Waals surface area contributed by atoms with Gasteiger partial charge in [0.2, 0.25) is 11.8 Å². The number of ether oxygens (including phenoxy) is 6. The lowest BCUT2D eigenvalue weighted by Gasteiger charge is -2.39. The molecular weight excluding hydrogens is 928 g/mol. The molecule has 17 heteroatoms. The molecule has 0 bridgehead atoms. The van der Waals surface area contributed by atoms with Crippen LogP contribution in [0, 0.1) is 11.3 Å². The van der Waals surface area contributed by atoms with Crippen LogP contribution in [0.5, 0.6) is 5.75 Å². The maximum atomic E-state index is 12.9. The summed E-state index contributed by atoms with van der Waals surface area (Å²) in [5.41, 5.74) is 7.53. The van der Waals surface area contributed by atoms with Crippen molar-refractivity contribution >= 4 is 46.6 Å². The molecule has 4 aromatic carbocycles.